The van der Waals surface area contributed by atoms with Gasteiger partial charge >= 0.3 is 0 Å². The maximum Gasteiger partial charge on any atom is 0.0542 e. The third-order valence-electron chi connectivity index (χ3n) is 13.8. The molecule has 73 heavy (non-hydrogen) atoms. The van der Waals surface area contributed by atoms with Crippen molar-refractivity contribution in [2.75, 3.05) is 0 Å². The lowest BCUT2D eigenvalue weighted by Crippen LogP contribution is -1.81. The van der Waals surface area contributed by atoms with Crippen molar-refractivity contribution >= 4 is 150 Å². The molecule has 0 N–H and O–H groups in total. The van der Waals surface area contributed by atoms with Crippen LogP contribution in [0.1, 0.15) is 225 Å². The van der Waals surface area contributed by atoms with E-state index in [9.17, 15) is 0 Å². The molecule has 0 bridgehead atoms. The van der Waals surface area contributed by atoms with Crippen molar-refractivity contribution < 1.29 is 0 Å². The summed E-state index contributed by atoms with van der Waals surface area (Å²) in [6.07, 6.45) is 45.2. The first kappa shape index (κ1) is 59.6. The van der Waals surface area contributed by atoms with Crippen LogP contribution >= 0.6 is 90.5 Å². The van der Waals surface area contributed by atoms with E-state index in [-0.39, 0.29) is 0 Å². The smallest absolute Gasteiger partial charge is 0.0542 e. The summed E-state index contributed by atoms with van der Waals surface area (Å²) >= 11 is 12.4. The molecule has 8 aromatic rings. The summed E-state index contributed by atoms with van der Waals surface area (Å²) in [5.41, 5.74) is 2.31. The van der Waals surface area contributed by atoms with Crippen molar-refractivity contribution in [2.45, 2.75) is 213 Å². The number of halogens is 2. The Labute approximate surface area is 485 Å². The summed E-state index contributed by atoms with van der Waals surface area (Å²) in [5.74, 6) is 16.4. The molecule has 0 nitrogen and oxygen atoms in total. The molecule has 0 saturated carbocycles. The van der Waals surface area contributed by atoms with Crippen LogP contribution in [0.25, 0.3) is 59.1 Å². The Morgan fingerprint density at radius 1 is 0.342 bits per heavy atom. The molecule has 0 atom stereocenters. The standard InChI is InChI=1S/C40H52S2.C14H6I2S2.C13H24/c1-3-5-7-9-11-13-15-17-19-21-23-25-33-27-29-35-37(31-33)41-40-36-30-28-34(32-38(36)42-39(35)40)26-24-22-20-18-16-14-12-10-8-6-4-2;15-7-1-3-9-11(5-7)17-14-10-4-2-8(16)6-12(10)18-13(9)14;1-3-5-7-9-11-13-12-10-8-6-4-2/h27-32H,3-22H2,1-2H3;1-6H;1H,4-13H2,2H3. The average Bonchev–Trinajstić information content (AvgIpc) is 4.14. The van der Waals surface area contributed by atoms with Gasteiger partial charge in [-0.15, -0.1) is 57.7 Å². The summed E-state index contributed by atoms with van der Waals surface area (Å²) in [4.78, 5) is 0. The molecular formula is C67H82I2S4. The van der Waals surface area contributed by atoms with Crippen molar-refractivity contribution in [3.05, 3.63) is 91.1 Å². The van der Waals surface area contributed by atoms with Gasteiger partial charge in [-0.1, -0.05) is 223 Å². The first-order valence-corrected chi connectivity index (χ1v) is 33.9. The maximum absolute atomic E-state index is 5.17. The number of fused-ring (bicyclic) bond motifs is 10. The molecule has 4 heterocycles. The minimum absolute atomic E-state index is 0.968. The van der Waals surface area contributed by atoms with Crippen LogP contribution in [0.15, 0.2) is 72.8 Å². The van der Waals surface area contributed by atoms with Gasteiger partial charge in [0.2, 0.25) is 0 Å². The predicted octanol–water partition coefficient (Wildman–Crippen LogP) is 24.8. The van der Waals surface area contributed by atoms with Crippen molar-refractivity contribution in [3.8, 4) is 36.0 Å². The van der Waals surface area contributed by atoms with Crippen LogP contribution in [0.4, 0.5) is 0 Å². The molecule has 8 rings (SSSR count). The van der Waals surface area contributed by atoms with Gasteiger partial charge in [-0.3, -0.25) is 0 Å². The summed E-state index contributed by atoms with van der Waals surface area (Å²) < 4.78 is 13.9. The molecule has 0 aliphatic carbocycles. The molecule has 0 aliphatic rings. The second-order valence-corrected chi connectivity index (χ2v) is 26.7. The molecule has 388 valence electrons. The molecule has 0 spiro atoms. The van der Waals surface area contributed by atoms with Gasteiger partial charge in [0.15, 0.2) is 0 Å². The van der Waals surface area contributed by atoms with Crippen LogP contribution in [0.2, 0.25) is 0 Å². The Bertz CT molecular complexity index is 2850. The topological polar surface area (TPSA) is 0 Å². The number of rotatable bonds is 27. The first-order valence-electron chi connectivity index (χ1n) is 28.4. The van der Waals surface area contributed by atoms with E-state index >= 15 is 0 Å². The molecule has 0 fully saturated rings. The summed E-state index contributed by atoms with van der Waals surface area (Å²) in [6.45, 7) is 6.84. The third-order valence-corrected chi connectivity index (χ3v) is 20.1. The van der Waals surface area contributed by atoms with E-state index in [4.69, 9.17) is 6.42 Å². The highest BCUT2D eigenvalue weighted by molar-refractivity contribution is 14.1. The molecule has 0 amide bonds. The van der Waals surface area contributed by atoms with Gasteiger partial charge in [0.05, 0.1) is 18.8 Å². The minimum atomic E-state index is 0.968. The molecule has 0 saturated heterocycles. The average molecular weight is 1270 g/mol. The van der Waals surface area contributed by atoms with Crippen LogP contribution in [0, 0.1) is 43.2 Å². The zero-order valence-corrected chi connectivity index (χ0v) is 52.2. The van der Waals surface area contributed by atoms with Gasteiger partial charge in [0.1, 0.15) is 0 Å². The normalized spacial score (nSPS) is 11.1. The summed E-state index contributed by atoms with van der Waals surface area (Å²) in [5, 5.41) is 5.57. The maximum atomic E-state index is 5.17. The van der Waals surface area contributed by atoms with E-state index in [2.05, 4.69) is 168 Å². The molecule has 4 aromatic heterocycles. The number of terminal acetylenes is 1. The number of benzene rings is 4. The first-order chi connectivity index (χ1) is 35.9. The zero-order valence-electron chi connectivity index (χ0n) is 44.6. The number of thiophene rings is 4. The quantitative estimate of drug-likeness (QED) is 0.0273. The lowest BCUT2D eigenvalue weighted by atomic mass is 10.1. The van der Waals surface area contributed by atoms with E-state index < -0.39 is 0 Å². The highest BCUT2D eigenvalue weighted by atomic mass is 127. The van der Waals surface area contributed by atoms with Gasteiger partial charge in [0, 0.05) is 77.9 Å². The van der Waals surface area contributed by atoms with Crippen LogP contribution in [-0.2, 0) is 0 Å². The van der Waals surface area contributed by atoms with E-state index in [0.717, 1.165) is 30.4 Å². The SMILES string of the molecule is C#CCCCCCCCCCCC.CCCCCCCCCCCC#Cc1ccc2c(c1)sc1c3ccc(C#CCCCCCCCCCCC)cc3sc21.Ic1ccc2c(c1)sc1c3ccc(I)cc3sc21. The largest absolute Gasteiger partial charge is 0.134 e. The Morgan fingerprint density at radius 3 is 0.932 bits per heavy atom. The van der Waals surface area contributed by atoms with E-state index in [1.54, 1.807) is 0 Å². The highest BCUT2D eigenvalue weighted by Gasteiger charge is 2.14. The van der Waals surface area contributed by atoms with E-state index in [1.165, 1.54) is 240 Å². The van der Waals surface area contributed by atoms with Gasteiger partial charge in [-0.25, -0.2) is 0 Å². The lowest BCUT2D eigenvalue weighted by molar-refractivity contribution is 0.567. The molecule has 4 aromatic carbocycles. The third kappa shape index (κ3) is 20.0. The van der Waals surface area contributed by atoms with E-state index in [0.29, 0.717) is 0 Å². The summed E-state index contributed by atoms with van der Waals surface area (Å²) in [6, 6.07) is 27.1. The fraction of sp³-hybridized carbons (Fsp3) is 0.493. The Hall–Kier alpha value is -2.62. The monoisotopic (exact) mass is 1270 g/mol. The fourth-order valence-electron chi connectivity index (χ4n) is 9.53. The van der Waals surface area contributed by atoms with Crippen LogP contribution < -0.4 is 0 Å². The molecular weight excluding hydrogens is 1190 g/mol. The lowest BCUT2D eigenvalue weighted by Gasteiger charge is -2.00. The van der Waals surface area contributed by atoms with Crippen molar-refractivity contribution in [3.63, 3.8) is 0 Å². The van der Waals surface area contributed by atoms with Gasteiger partial charge in [-0.2, -0.15) is 0 Å². The molecule has 0 radical (unpaired) electrons. The van der Waals surface area contributed by atoms with Gasteiger partial charge < -0.3 is 0 Å². The van der Waals surface area contributed by atoms with Gasteiger partial charge in [-0.05, 0) is 113 Å². The van der Waals surface area contributed by atoms with Crippen molar-refractivity contribution in [1.82, 2.24) is 0 Å². The molecule has 0 unspecified atom stereocenters. The van der Waals surface area contributed by atoms with Crippen LogP contribution in [-0.4, -0.2) is 0 Å². The Kier molecular flexibility index (Phi) is 28.5. The number of unbranched alkanes of at least 4 members (excludes halogenated alkanes) is 27. The molecule has 6 heteroatoms. The second-order valence-electron chi connectivity index (χ2n) is 20.0. The fourth-order valence-corrected chi connectivity index (χ4v) is 16.4. The Morgan fingerprint density at radius 2 is 0.616 bits per heavy atom. The zero-order chi connectivity index (χ0) is 51.3. The van der Waals surface area contributed by atoms with Crippen molar-refractivity contribution in [1.29, 1.82) is 0 Å². The van der Waals surface area contributed by atoms with Crippen LogP contribution in [0.3, 0.4) is 0 Å². The predicted molar refractivity (Wildman–Crippen MR) is 353 cm³/mol. The highest BCUT2D eigenvalue weighted by Crippen LogP contribution is 2.46. The van der Waals surface area contributed by atoms with E-state index in [1.807, 2.05) is 45.3 Å². The number of hydrogen-bond donors (Lipinski definition) is 0. The van der Waals surface area contributed by atoms with Crippen molar-refractivity contribution in [2.24, 2.45) is 0 Å². The number of hydrogen-bond acceptors (Lipinski definition) is 4. The second kappa shape index (κ2) is 34.9. The van der Waals surface area contributed by atoms with Crippen LogP contribution in [0.5, 0.6) is 0 Å². The van der Waals surface area contributed by atoms with Gasteiger partial charge in [0.25, 0.3) is 0 Å². The molecule has 0 aliphatic heterocycles. The summed E-state index contributed by atoms with van der Waals surface area (Å²) in [7, 11) is 0. The minimum Gasteiger partial charge on any atom is -0.134 e. The Balaban J connectivity index is 0.000000227.